The maximum absolute atomic E-state index is 13.1. The van der Waals surface area contributed by atoms with Crippen molar-refractivity contribution in [2.75, 3.05) is 44.8 Å². The number of amides is 2. The van der Waals surface area contributed by atoms with Crippen molar-refractivity contribution in [3.8, 4) is 11.1 Å². The normalized spacial score (nSPS) is 24.6. The predicted molar refractivity (Wildman–Crippen MR) is 158 cm³/mol. The summed E-state index contributed by atoms with van der Waals surface area (Å²) in [6, 6.07) is 6.59. The van der Waals surface area contributed by atoms with Gasteiger partial charge in [-0.15, -0.1) is 0 Å². The van der Waals surface area contributed by atoms with Crippen LogP contribution in [0.15, 0.2) is 36.8 Å². The summed E-state index contributed by atoms with van der Waals surface area (Å²) in [5.74, 6) is 1.48. The third-order valence-corrected chi connectivity index (χ3v) is 8.88. The Hall–Kier alpha value is -3.41. The average molecular weight is 576 g/mol. The van der Waals surface area contributed by atoms with E-state index < -0.39 is 0 Å². The van der Waals surface area contributed by atoms with Crippen molar-refractivity contribution >= 4 is 23.1 Å². The molecule has 3 fully saturated rings. The minimum Gasteiger partial charge on any atom is -0.381 e. The van der Waals surface area contributed by atoms with E-state index >= 15 is 0 Å². The van der Waals surface area contributed by atoms with Crippen LogP contribution in [0, 0.1) is 11.8 Å². The molecule has 1 aliphatic carbocycles. The van der Waals surface area contributed by atoms with Crippen molar-refractivity contribution in [2.24, 2.45) is 11.8 Å². The first-order valence-corrected chi connectivity index (χ1v) is 15.3. The van der Waals surface area contributed by atoms with Crippen molar-refractivity contribution in [1.29, 1.82) is 0 Å². The van der Waals surface area contributed by atoms with E-state index in [1.807, 2.05) is 29.3 Å². The molecule has 0 spiro atoms. The van der Waals surface area contributed by atoms with Gasteiger partial charge in [-0.2, -0.15) is 5.10 Å². The molecule has 1 unspecified atom stereocenters. The molecule has 42 heavy (non-hydrogen) atoms. The highest BCUT2D eigenvalue weighted by Crippen LogP contribution is 2.36. The number of hydrogen-bond acceptors (Lipinski definition) is 8. The Balaban J connectivity index is 1.01. The van der Waals surface area contributed by atoms with Crippen LogP contribution in [0.2, 0.25) is 0 Å². The SMILES string of the molecule is CCCOCc1ncc(-c2ccn3nc(NC(=O)C4CC(N5CCN(C(=O)C6CCOC6)C[C@@H]5CC)C4)cc3c2)cn1. The summed E-state index contributed by atoms with van der Waals surface area (Å²) < 4.78 is 12.7. The molecule has 2 amide bonds. The van der Waals surface area contributed by atoms with Gasteiger partial charge in [-0.1, -0.05) is 13.8 Å². The van der Waals surface area contributed by atoms with Gasteiger partial charge >= 0.3 is 0 Å². The van der Waals surface area contributed by atoms with Crippen LogP contribution < -0.4 is 5.32 Å². The van der Waals surface area contributed by atoms with Crippen LogP contribution >= 0.6 is 0 Å². The summed E-state index contributed by atoms with van der Waals surface area (Å²) in [6.07, 6.45) is 9.96. The molecule has 11 nitrogen and oxygen atoms in total. The van der Waals surface area contributed by atoms with Gasteiger partial charge in [-0.05, 0) is 49.8 Å². The van der Waals surface area contributed by atoms with Crippen molar-refractivity contribution in [2.45, 2.75) is 64.6 Å². The molecule has 5 heterocycles. The molecule has 1 saturated carbocycles. The summed E-state index contributed by atoms with van der Waals surface area (Å²) in [7, 11) is 0. The second-order valence-electron chi connectivity index (χ2n) is 11.7. The van der Waals surface area contributed by atoms with Gasteiger partial charge in [0.2, 0.25) is 11.8 Å². The Morgan fingerprint density at radius 1 is 1.10 bits per heavy atom. The number of nitrogens with zero attached hydrogens (tertiary/aromatic N) is 6. The van der Waals surface area contributed by atoms with Crippen LogP contribution in [-0.2, 0) is 25.7 Å². The molecule has 0 bridgehead atoms. The lowest BCUT2D eigenvalue weighted by Crippen LogP contribution is -2.61. The van der Waals surface area contributed by atoms with Gasteiger partial charge in [0.1, 0.15) is 6.61 Å². The van der Waals surface area contributed by atoms with E-state index in [0.29, 0.717) is 50.2 Å². The Labute approximate surface area is 246 Å². The van der Waals surface area contributed by atoms with Crippen LogP contribution in [0.3, 0.4) is 0 Å². The third kappa shape index (κ3) is 6.18. The number of carbonyl (C=O) groups is 2. The number of anilines is 1. The van der Waals surface area contributed by atoms with E-state index in [1.54, 1.807) is 16.9 Å². The molecule has 224 valence electrons. The first-order chi connectivity index (χ1) is 20.5. The fourth-order valence-corrected chi connectivity index (χ4v) is 6.32. The van der Waals surface area contributed by atoms with E-state index in [0.717, 1.165) is 68.4 Å². The van der Waals surface area contributed by atoms with Crippen molar-refractivity contribution < 1.29 is 19.1 Å². The number of hydrogen-bond donors (Lipinski definition) is 1. The van der Waals surface area contributed by atoms with Crippen molar-refractivity contribution in [3.05, 3.63) is 42.6 Å². The Kier molecular flexibility index (Phi) is 8.78. The monoisotopic (exact) mass is 575 g/mol. The van der Waals surface area contributed by atoms with Gasteiger partial charge < -0.3 is 19.7 Å². The number of fused-ring (bicyclic) bond motifs is 1. The Morgan fingerprint density at radius 2 is 1.93 bits per heavy atom. The number of rotatable bonds is 10. The summed E-state index contributed by atoms with van der Waals surface area (Å²) in [6.45, 7) is 9.00. The fourth-order valence-electron chi connectivity index (χ4n) is 6.32. The Morgan fingerprint density at radius 3 is 2.67 bits per heavy atom. The molecule has 0 aromatic carbocycles. The molecule has 3 aliphatic rings. The first kappa shape index (κ1) is 28.7. The largest absolute Gasteiger partial charge is 0.381 e. The zero-order chi connectivity index (χ0) is 29.1. The molecule has 3 aromatic heterocycles. The highest BCUT2D eigenvalue weighted by Gasteiger charge is 2.43. The lowest BCUT2D eigenvalue weighted by molar-refractivity contribution is -0.140. The van der Waals surface area contributed by atoms with Crippen LogP contribution in [0.1, 0.15) is 51.8 Å². The lowest BCUT2D eigenvalue weighted by atomic mass is 9.77. The third-order valence-electron chi connectivity index (χ3n) is 8.88. The van der Waals surface area contributed by atoms with Gasteiger partial charge in [0.15, 0.2) is 11.6 Å². The highest BCUT2D eigenvalue weighted by molar-refractivity contribution is 5.93. The number of carbonyl (C=O) groups excluding carboxylic acids is 2. The standard InChI is InChI=1S/C31H41N7O4/c1-3-10-41-20-29-32-16-24(17-33-29)21-5-7-38-27(12-21)15-28(35-38)34-30(39)23-13-26(14-23)37-9-8-36(18-25(37)4-2)31(40)22-6-11-42-19-22/h5,7,12,15-17,22-23,25-26H,3-4,6,8-11,13-14,18-20H2,1-2H3,(H,34,35,39)/t22?,23?,25-,26?/m0/s1. The molecular weight excluding hydrogens is 534 g/mol. The van der Waals surface area contributed by atoms with E-state index in [-0.39, 0.29) is 23.7 Å². The number of nitrogens with one attached hydrogen (secondary N) is 1. The number of aromatic nitrogens is 4. The molecular formula is C31H41N7O4. The predicted octanol–water partition coefficient (Wildman–Crippen LogP) is 3.39. The molecule has 0 radical (unpaired) electrons. The van der Waals surface area contributed by atoms with E-state index in [1.165, 1.54) is 0 Å². The summed E-state index contributed by atoms with van der Waals surface area (Å²) in [5.41, 5.74) is 2.77. The zero-order valence-corrected chi connectivity index (χ0v) is 24.6. The quantitative estimate of drug-likeness (QED) is 0.366. The topological polar surface area (TPSA) is 114 Å². The summed E-state index contributed by atoms with van der Waals surface area (Å²) >= 11 is 0. The molecule has 6 rings (SSSR count). The van der Waals surface area contributed by atoms with E-state index in [2.05, 4.69) is 39.1 Å². The van der Waals surface area contributed by atoms with Crippen LogP contribution in [0.25, 0.3) is 16.6 Å². The number of pyridine rings is 1. The molecule has 2 atom stereocenters. The van der Waals surface area contributed by atoms with Crippen molar-refractivity contribution in [3.63, 3.8) is 0 Å². The average Bonchev–Trinajstić information content (AvgIpc) is 3.66. The zero-order valence-electron chi connectivity index (χ0n) is 24.6. The van der Waals surface area contributed by atoms with Gasteiger partial charge in [0.25, 0.3) is 0 Å². The van der Waals surface area contributed by atoms with E-state index in [4.69, 9.17) is 9.47 Å². The first-order valence-electron chi connectivity index (χ1n) is 15.3. The Bertz CT molecular complexity index is 1380. The second kappa shape index (κ2) is 12.8. The number of ether oxygens (including phenoxy) is 2. The summed E-state index contributed by atoms with van der Waals surface area (Å²) in [4.78, 5) is 39.4. The smallest absolute Gasteiger partial charge is 0.228 e. The minimum absolute atomic E-state index is 0.0206. The molecule has 2 aliphatic heterocycles. The molecule has 3 aromatic rings. The van der Waals surface area contributed by atoms with Crippen LogP contribution in [0.5, 0.6) is 0 Å². The van der Waals surface area contributed by atoms with E-state index in [9.17, 15) is 9.59 Å². The molecule has 11 heteroatoms. The van der Waals surface area contributed by atoms with Gasteiger partial charge in [-0.25, -0.2) is 14.5 Å². The second-order valence-corrected chi connectivity index (χ2v) is 11.7. The number of piperazine rings is 1. The van der Waals surface area contributed by atoms with Crippen LogP contribution in [-0.4, -0.2) is 92.7 Å². The van der Waals surface area contributed by atoms with Crippen molar-refractivity contribution in [1.82, 2.24) is 29.4 Å². The van der Waals surface area contributed by atoms with Gasteiger partial charge in [0.05, 0.1) is 18.0 Å². The van der Waals surface area contributed by atoms with Gasteiger partial charge in [-0.3, -0.25) is 14.5 Å². The molecule has 2 saturated heterocycles. The van der Waals surface area contributed by atoms with Crippen LogP contribution in [0.4, 0.5) is 5.82 Å². The maximum Gasteiger partial charge on any atom is 0.228 e. The fraction of sp³-hybridized carbons (Fsp3) is 0.581. The minimum atomic E-state index is -0.0276. The molecule has 1 N–H and O–H groups in total. The maximum atomic E-state index is 13.1. The van der Waals surface area contributed by atoms with Gasteiger partial charge in [0, 0.05) is 81.1 Å². The summed E-state index contributed by atoms with van der Waals surface area (Å²) in [5, 5.41) is 7.59. The highest BCUT2D eigenvalue weighted by atomic mass is 16.5. The lowest BCUT2D eigenvalue weighted by Gasteiger charge is -2.50.